The third-order valence-corrected chi connectivity index (χ3v) is 4.27. The lowest BCUT2D eigenvalue weighted by Crippen LogP contribution is -2.16. The Balaban J connectivity index is 1.64. The van der Waals surface area contributed by atoms with Gasteiger partial charge < -0.3 is 19.7 Å². The van der Waals surface area contributed by atoms with E-state index in [1.807, 2.05) is 18.0 Å². The maximum absolute atomic E-state index is 11.9. The zero-order chi connectivity index (χ0) is 16.7. The largest absolute Gasteiger partial charge is 0.449 e. The monoisotopic (exact) mass is 346 g/mol. The van der Waals surface area contributed by atoms with Crippen LogP contribution in [0.1, 0.15) is 12.8 Å². The third-order valence-electron chi connectivity index (χ3n) is 4.00. The Bertz CT molecular complexity index is 810. The Morgan fingerprint density at radius 2 is 2.21 bits per heavy atom. The highest BCUT2D eigenvalue weighted by atomic mass is 35.5. The van der Waals surface area contributed by atoms with Crippen LogP contribution in [0.5, 0.6) is 11.6 Å². The van der Waals surface area contributed by atoms with E-state index in [0.717, 1.165) is 18.5 Å². The molecule has 2 aromatic heterocycles. The van der Waals surface area contributed by atoms with Crippen LogP contribution in [0.15, 0.2) is 24.5 Å². The summed E-state index contributed by atoms with van der Waals surface area (Å²) in [4.78, 5) is 22.1. The topological polar surface area (TPSA) is 76.6 Å². The van der Waals surface area contributed by atoms with Crippen LogP contribution in [0.2, 0.25) is 5.02 Å². The molecule has 8 heteroatoms. The van der Waals surface area contributed by atoms with Gasteiger partial charge in [0.25, 0.3) is 5.88 Å². The van der Waals surface area contributed by atoms with Crippen LogP contribution in [-0.4, -0.2) is 29.7 Å². The number of carbonyl (C=O) groups excluding carboxylic acids is 1. The van der Waals surface area contributed by atoms with Crippen molar-refractivity contribution in [3.05, 3.63) is 29.5 Å². The molecule has 1 N–H and O–H groups in total. The zero-order valence-electron chi connectivity index (χ0n) is 13.0. The molecule has 0 spiro atoms. The highest BCUT2D eigenvalue weighted by Crippen LogP contribution is 2.45. The molecule has 2 aliphatic rings. The van der Waals surface area contributed by atoms with Gasteiger partial charge in [-0.15, -0.1) is 0 Å². The SMILES string of the molecule is CN(c1ccnc(NC(=O)C2CC2)c1)c1c(Cl)cnc2c1OCO2. The van der Waals surface area contributed by atoms with Crippen LogP contribution in [0.3, 0.4) is 0 Å². The second-order valence-electron chi connectivity index (χ2n) is 5.72. The van der Waals surface area contributed by atoms with Gasteiger partial charge in [0.2, 0.25) is 18.4 Å². The first-order valence-corrected chi connectivity index (χ1v) is 7.96. The molecule has 1 amide bonds. The number of nitrogens with zero attached hydrogens (tertiary/aromatic N) is 3. The Hall–Kier alpha value is -2.54. The number of aromatic nitrogens is 2. The first kappa shape index (κ1) is 15.0. The molecule has 0 unspecified atom stereocenters. The quantitative estimate of drug-likeness (QED) is 0.917. The molecular weight excluding hydrogens is 332 g/mol. The molecule has 1 saturated carbocycles. The second-order valence-corrected chi connectivity index (χ2v) is 6.12. The number of ether oxygens (including phenoxy) is 2. The lowest BCUT2D eigenvalue weighted by Gasteiger charge is -2.22. The molecule has 1 fully saturated rings. The number of anilines is 3. The zero-order valence-corrected chi connectivity index (χ0v) is 13.7. The summed E-state index contributed by atoms with van der Waals surface area (Å²) in [6.07, 6.45) is 5.06. The van der Waals surface area contributed by atoms with Crippen LogP contribution >= 0.6 is 11.6 Å². The van der Waals surface area contributed by atoms with E-state index in [0.29, 0.717) is 28.2 Å². The minimum absolute atomic E-state index is 0.0156. The molecule has 0 radical (unpaired) electrons. The summed E-state index contributed by atoms with van der Waals surface area (Å²) in [7, 11) is 1.85. The third kappa shape index (κ3) is 2.71. The van der Waals surface area contributed by atoms with Gasteiger partial charge >= 0.3 is 0 Å². The number of amides is 1. The minimum Gasteiger partial charge on any atom is -0.449 e. The van der Waals surface area contributed by atoms with E-state index in [2.05, 4.69) is 15.3 Å². The molecule has 124 valence electrons. The summed E-state index contributed by atoms with van der Waals surface area (Å²) in [5.41, 5.74) is 1.46. The van der Waals surface area contributed by atoms with Gasteiger partial charge in [0.15, 0.2) is 0 Å². The predicted octanol–water partition coefficient (Wildman–Crippen LogP) is 2.98. The van der Waals surface area contributed by atoms with Crippen LogP contribution in [0.25, 0.3) is 0 Å². The van der Waals surface area contributed by atoms with Gasteiger partial charge in [0.1, 0.15) is 11.5 Å². The molecular formula is C16H15ClN4O3. The molecule has 24 heavy (non-hydrogen) atoms. The Morgan fingerprint density at radius 1 is 1.38 bits per heavy atom. The first-order valence-electron chi connectivity index (χ1n) is 7.58. The molecule has 4 rings (SSSR count). The van der Waals surface area contributed by atoms with Crippen molar-refractivity contribution in [2.45, 2.75) is 12.8 Å². The van der Waals surface area contributed by atoms with Gasteiger partial charge in [-0.3, -0.25) is 4.79 Å². The van der Waals surface area contributed by atoms with E-state index in [1.165, 1.54) is 6.20 Å². The average Bonchev–Trinajstić information content (AvgIpc) is 3.33. The molecule has 0 saturated heterocycles. The highest BCUT2D eigenvalue weighted by Gasteiger charge is 2.30. The average molecular weight is 347 g/mol. The van der Waals surface area contributed by atoms with E-state index in [4.69, 9.17) is 21.1 Å². The summed E-state index contributed by atoms with van der Waals surface area (Å²) < 4.78 is 10.8. The maximum atomic E-state index is 11.9. The number of hydrogen-bond acceptors (Lipinski definition) is 6. The number of carbonyl (C=O) groups is 1. The Labute approximate surface area is 143 Å². The summed E-state index contributed by atoms with van der Waals surface area (Å²) in [5.74, 6) is 1.57. The standard InChI is InChI=1S/C16H15ClN4O3/c1-21(13-11(17)7-19-16-14(13)23-8-24-16)10-4-5-18-12(6-10)20-15(22)9-2-3-9/h4-7,9H,2-3,8H2,1H3,(H,18,20,22). The Kier molecular flexibility index (Phi) is 3.65. The molecule has 0 atom stereocenters. The normalized spacial score (nSPS) is 15.2. The smallest absolute Gasteiger partial charge is 0.262 e. The van der Waals surface area contributed by atoms with Crippen molar-refractivity contribution < 1.29 is 14.3 Å². The van der Waals surface area contributed by atoms with E-state index >= 15 is 0 Å². The molecule has 1 aliphatic carbocycles. The number of rotatable bonds is 4. The van der Waals surface area contributed by atoms with Crippen molar-refractivity contribution in [1.29, 1.82) is 0 Å². The predicted molar refractivity (Wildman–Crippen MR) is 89.0 cm³/mol. The molecule has 0 bridgehead atoms. The van der Waals surface area contributed by atoms with Gasteiger partial charge in [0.05, 0.1) is 11.2 Å². The van der Waals surface area contributed by atoms with Crippen LogP contribution in [-0.2, 0) is 4.79 Å². The minimum atomic E-state index is 0.0156. The summed E-state index contributed by atoms with van der Waals surface area (Å²) in [6, 6.07) is 3.62. The molecule has 7 nitrogen and oxygen atoms in total. The van der Waals surface area contributed by atoms with Crippen LogP contribution in [0.4, 0.5) is 17.2 Å². The number of pyridine rings is 2. The summed E-state index contributed by atoms with van der Waals surface area (Å²) in [5, 5.41) is 3.29. The van der Waals surface area contributed by atoms with E-state index in [-0.39, 0.29) is 18.6 Å². The van der Waals surface area contributed by atoms with Gasteiger partial charge in [-0.1, -0.05) is 11.6 Å². The fraction of sp³-hybridized carbons (Fsp3) is 0.312. The van der Waals surface area contributed by atoms with E-state index in [9.17, 15) is 4.79 Å². The highest BCUT2D eigenvalue weighted by molar-refractivity contribution is 6.33. The van der Waals surface area contributed by atoms with Crippen molar-refractivity contribution in [3.8, 4) is 11.6 Å². The number of fused-ring (bicyclic) bond motifs is 1. The first-order chi connectivity index (χ1) is 11.6. The number of hydrogen-bond donors (Lipinski definition) is 1. The molecule has 1 aliphatic heterocycles. The number of nitrogens with one attached hydrogen (secondary N) is 1. The number of halogens is 1. The van der Waals surface area contributed by atoms with E-state index < -0.39 is 0 Å². The van der Waals surface area contributed by atoms with Crippen molar-refractivity contribution in [2.75, 3.05) is 24.1 Å². The summed E-state index contributed by atoms with van der Waals surface area (Å²) in [6.45, 7) is 0.114. The molecule has 0 aromatic carbocycles. The summed E-state index contributed by atoms with van der Waals surface area (Å²) >= 11 is 6.30. The molecule has 2 aromatic rings. The van der Waals surface area contributed by atoms with Crippen molar-refractivity contribution in [1.82, 2.24) is 9.97 Å². The Morgan fingerprint density at radius 3 is 3.00 bits per heavy atom. The fourth-order valence-corrected chi connectivity index (χ4v) is 2.80. The van der Waals surface area contributed by atoms with Gasteiger partial charge in [-0.25, -0.2) is 9.97 Å². The lowest BCUT2D eigenvalue weighted by molar-refractivity contribution is -0.117. The van der Waals surface area contributed by atoms with Gasteiger partial charge in [-0.05, 0) is 18.9 Å². The van der Waals surface area contributed by atoms with Gasteiger partial charge in [-0.2, -0.15) is 0 Å². The van der Waals surface area contributed by atoms with Gasteiger partial charge in [0, 0.05) is 30.9 Å². The van der Waals surface area contributed by atoms with Crippen LogP contribution < -0.4 is 19.7 Å². The van der Waals surface area contributed by atoms with Crippen molar-refractivity contribution in [3.63, 3.8) is 0 Å². The molecule has 3 heterocycles. The van der Waals surface area contributed by atoms with E-state index in [1.54, 1.807) is 12.3 Å². The fourth-order valence-electron chi connectivity index (χ4n) is 2.53. The maximum Gasteiger partial charge on any atom is 0.262 e. The van der Waals surface area contributed by atoms with Crippen molar-refractivity contribution >= 4 is 34.7 Å². The second kappa shape index (κ2) is 5.83. The van der Waals surface area contributed by atoms with Crippen LogP contribution in [0, 0.1) is 5.92 Å². The lowest BCUT2D eigenvalue weighted by atomic mass is 10.2. The van der Waals surface area contributed by atoms with Crippen molar-refractivity contribution in [2.24, 2.45) is 5.92 Å².